The zero-order valence-corrected chi connectivity index (χ0v) is 10.9. The number of rotatable bonds is 4. The summed E-state index contributed by atoms with van der Waals surface area (Å²) in [4.78, 5) is 0. The molecule has 1 heteroatoms. The van der Waals surface area contributed by atoms with Crippen molar-refractivity contribution >= 4 is 0 Å². The molecule has 90 valence electrons. The molecule has 0 aromatic rings. The van der Waals surface area contributed by atoms with Gasteiger partial charge in [0.2, 0.25) is 0 Å². The molecule has 4 unspecified atom stereocenters. The molecular weight excluding hydrogens is 184 g/mol. The Hall–Kier alpha value is -0.0400. The summed E-state index contributed by atoms with van der Waals surface area (Å²) in [6, 6.07) is 0. The van der Waals surface area contributed by atoms with Crippen LogP contribution in [0.15, 0.2) is 0 Å². The fraction of sp³-hybridized carbons (Fsp3) is 1.00. The van der Waals surface area contributed by atoms with Gasteiger partial charge in [-0.15, -0.1) is 0 Å². The van der Waals surface area contributed by atoms with E-state index in [1.54, 1.807) is 0 Å². The van der Waals surface area contributed by atoms with E-state index in [9.17, 15) is 5.11 Å². The van der Waals surface area contributed by atoms with Gasteiger partial charge in [-0.25, -0.2) is 0 Å². The van der Waals surface area contributed by atoms with Gasteiger partial charge in [-0.05, 0) is 49.4 Å². The largest absolute Gasteiger partial charge is 0.393 e. The Balaban J connectivity index is 2.47. The van der Waals surface area contributed by atoms with Crippen molar-refractivity contribution in [1.82, 2.24) is 0 Å². The van der Waals surface area contributed by atoms with Crippen molar-refractivity contribution < 1.29 is 5.11 Å². The van der Waals surface area contributed by atoms with E-state index in [1.807, 2.05) is 0 Å². The first-order valence-corrected chi connectivity index (χ1v) is 6.72. The highest BCUT2D eigenvalue weighted by molar-refractivity contribution is 4.81. The van der Waals surface area contributed by atoms with Gasteiger partial charge >= 0.3 is 0 Å². The van der Waals surface area contributed by atoms with Gasteiger partial charge in [0.1, 0.15) is 0 Å². The van der Waals surface area contributed by atoms with E-state index in [0.29, 0.717) is 11.8 Å². The molecule has 0 aliphatic heterocycles. The Kier molecular flexibility index (Phi) is 5.11. The van der Waals surface area contributed by atoms with Crippen molar-refractivity contribution in [2.75, 3.05) is 0 Å². The van der Waals surface area contributed by atoms with E-state index in [1.165, 1.54) is 32.1 Å². The van der Waals surface area contributed by atoms with Crippen LogP contribution in [0.2, 0.25) is 0 Å². The molecule has 1 nitrogen and oxygen atoms in total. The first-order valence-electron chi connectivity index (χ1n) is 6.72. The van der Waals surface area contributed by atoms with Gasteiger partial charge in [-0.2, -0.15) is 0 Å². The van der Waals surface area contributed by atoms with E-state index in [0.717, 1.165) is 11.8 Å². The molecular formula is C14H28O. The third-order valence-corrected chi connectivity index (χ3v) is 4.02. The maximum Gasteiger partial charge on any atom is 0.0594 e. The molecule has 4 atom stereocenters. The molecule has 1 aliphatic rings. The predicted molar refractivity (Wildman–Crippen MR) is 65.7 cm³/mol. The van der Waals surface area contributed by atoms with Crippen LogP contribution in [0, 0.1) is 23.7 Å². The van der Waals surface area contributed by atoms with Crippen LogP contribution in [-0.2, 0) is 0 Å². The summed E-state index contributed by atoms with van der Waals surface area (Å²) in [7, 11) is 0. The molecule has 0 heterocycles. The summed E-state index contributed by atoms with van der Waals surface area (Å²) < 4.78 is 0. The van der Waals surface area contributed by atoms with E-state index < -0.39 is 0 Å². The van der Waals surface area contributed by atoms with E-state index in [2.05, 4.69) is 27.7 Å². The second-order valence-electron chi connectivity index (χ2n) is 5.93. The molecule has 1 rings (SSSR count). The molecule has 1 fully saturated rings. The van der Waals surface area contributed by atoms with Crippen molar-refractivity contribution in [3.8, 4) is 0 Å². The first kappa shape index (κ1) is 13.0. The van der Waals surface area contributed by atoms with Crippen LogP contribution in [0.25, 0.3) is 0 Å². The Bertz CT molecular complexity index is 168. The molecule has 1 aliphatic carbocycles. The monoisotopic (exact) mass is 212 g/mol. The van der Waals surface area contributed by atoms with Gasteiger partial charge in [0.15, 0.2) is 0 Å². The van der Waals surface area contributed by atoms with Crippen molar-refractivity contribution in [1.29, 1.82) is 0 Å². The minimum Gasteiger partial charge on any atom is -0.393 e. The smallest absolute Gasteiger partial charge is 0.0594 e. The Morgan fingerprint density at radius 1 is 1.13 bits per heavy atom. The third kappa shape index (κ3) is 3.79. The highest BCUT2D eigenvalue weighted by Crippen LogP contribution is 2.37. The minimum absolute atomic E-state index is 0.0600. The van der Waals surface area contributed by atoms with Gasteiger partial charge in [-0.3, -0.25) is 0 Å². The quantitative estimate of drug-likeness (QED) is 0.750. The average Bonchev–Trinajstić information content (AvgIpc) is 2.15. The summed E-state index contributed by atoms with van der Waals surface area (Å²) in [5.74, 6) is 2.66. The SMILES string of the molecule is CCCC(C)C(O)C1CC(C)CC(C)C1. The maximum absolute atomic E-state index is 10.3. The molecule has 0 saturated heterocycles. The zero-order chi connectivity index (χ0) is 11.4. The number of hydrogen-bond donors (Lipinski definition) is 1. The van der Waals surface area contributed by atoms with Crippen molar-refractivity contribution in [2.24, 2.45) is 23.7 Å². The molecule has 0 amide bonds. The second-order valence-corrected chi connectivity index (χ2v) is 5.93. The van der Waals surface area contributed by atoms with E-state index >= 15 is 0 Å². The summed E-state index contributed by atoms with van der Waals surface area (Å²) in [5, 5.41) is 10.3. The highest BCUT2D eigenvalue weighted by Gasteiger charge is 2.31. The molecule has 15 heavy (non-hydrogen) atoms. The molecule has 0 spiro atoms. The summed E-state index contributed by atoms with van der Waals surface area (Å²) in [6.45, 7) is 9.08. The van der Waals surface area contributed by atoms with Gasteiger partial charge < -0.3 is 5.11 Å². The number of aliphatic hydroxyl groups is 1. The molecule has 1 saturated carbocycles. The Labute approximate surface area is 95.3 Å². The van der Waals surface area contributed by atoms with Crippen molar-refractivity contribution in [3.05, 3.63) is 0 Å². The van der Waals surface area contributed by atoms with Crippen molar-refractivity contribution in [3.63, 3.8) is 0 Å². The van der Waals surface area contributed by atoms with Crippen LogP contribution in [0.3, 0.4) is 0 Å². The topological polar surface area (TPSA) is 20.2 Å². The predicted octanol–water partition coefficient (Wildman–Crippen LogP) is 3.86. The fourth-order valence-electron chi connectivity index (χ4n) is 3.38. The van der Waals surface area contributed by atoms with Gasteiger partial charge in [0.25, 0.3) is 0 Å². The molecule has 1 N–H and O–H groups in total. The Morgan fingerprint density at radius 3 is 2.13 bits per heavy atom. The lowest BCUT2D eigenvalue weighted by Gasteiger charge is -2.36. The lowest BCUT2D eigenvalue weighted by molar-refractivity contribution is 0.0156. The zero-order valence-electron chi connectivity index (χ0n) is 10.9. The molecule has 0 radical (unpaired) electrons. The van der Waals surface area contributed by atoms with E-state index in [4.69, 9.17) is 0 Å². The normalized spacial score (nSPS) is 36.2. The fourth-order valence-corrected chi connectivity index (χ4v) is 3.38. The number of aliphatic hydroxyl groups excluding tert-OH is 1. The average molecular weight is 212 g/mol. The van der Waals surface area contributed by atoms with Crippen molar-refractivity contribution in [2.45, 2.75) is 65.9 Å². The summed E-state index contributed by atoms with van der Waals surface area (Å²) >= 11 is 0. The van der Waals surface area contributed by atoms with Crippen LogP contribution >= 0.6 is 0 Å². The van der Waals surface area contributed by atoms with Gasteiger partial charge in [0.05, 0.1) is 6.10 Å². The van der Waals surface area contributed by atoms with Crippen LogP contribution < -0.4 is 0 Å². The van der Waals surface area contributed by atoms with E-state index in [-0.39, 0.29) is 6.10 Å². The lowest BCUT2D eigenvalue weighted by Crippen LogP contribution is -2.33. The highest BCUT2D eigenvalue weighted by atomic mass is 16.3. The lowest BCUT2D eigenvalue weighted by atomic mass is 9.72. The van der Waals surface area contributed by atoms with Crippen LogP contribution in [0.4, 0.5) is 0 Å². The molecule has 0 aromatic heterocycles. The molecule has 0 bridgehead atoms. The summed E-state index contributed by atoms with van der Waals surface area (Å²) in [6.07, 6.45) is 6.12. The van der Waals surface area contributed by atoms with Crippen LogP contribution in [0.1, 0.15) is 59.8 Å². The van der Waals surface area contributed by atoms with Crippen LogP contribution in [-0.4, -0.2) is 11.2 Å². The molecule has 0 aromatic carbocycles. The summed E-state index contributed by atoms with van der Waals surface area (Å²) in [5.41, 5.74) is 0. The first-order chi connectivity index (χ1) is 7.04. The maximum atomic E-state index is 10.3. The van der Waals surface area contributed by atoms with Gasteiger partial charge in [-0.1, -0.05) is 34.1 Å². The Morgan fingerprint density at radius 2 is 1.67 bits per heavy atom. The second kappa shape index (κ2) is 5.89. The minimum atomic E-state index is -0.0600. The van der Waals surface area contributed by atoms with Gasteiger partial charge in [0, 0.05) is 0 Å². The van der Waals surface area contributed by atoms with Crippen LogP contribution in [0.5, 0.6) is 0 Å². The third-order valence-electron chi connectivity index (χ3n) is 4.02. The standard InChI is InChI=1S/C14H28O/c1-5-6-12(4)14(15)13-8-10(2)7-11(3)9-13/h10-15H,5-9H2,1-4H3. The number of hydrogen-bond acceptors (Lipinski definition) is 1.